The Bertz CT molecular complexity index is 909. The Hall–Kier alpha value is -3.09. The van der Waals surface area contributed by atoms with Crippen LogP contribution in [-0.4, -0.2) is 41.0 Å². The lowest BCUT2D eigenvalue weighted by atomic mass is 10.1. The Labute approximate surface area is 170 Å². The van der Waals surface area contributed by atoms with E-state index in [0.717, 1.165) is 11.3 Å². The quantitative estimate of drug-likeness (QED) is 0.774. The van der Waals surface area contributed by atoms with E-state index in [1.54, 1.807) is 25.4 Å². The minimum absolute atomic E-state index is 0.0331. The van der Waals surface area contributed by atoms with Gasteiger partial charge in [0.15, 0.2) is 0 Å². The Balaban J connectivity index is 1.50. The zero-order valence-corrected chi connectivity index (χ0v) is 16.7. The summed E-state index contributed by atoms with van der Waals surface area (Å²) in [5.74, 6) is 0.771. The summed E-state index contributed by atoms with van der Waals surface area (Å²) < 4.78 is 6.77. The van der Waals surface area contributed by atoms with E-state index in [1.165, 1.54) is 10.6 Å². The van der Waals surface area contributed by atoms with E-state index in [9.17, 15) is 14.4 Å². The molecule has 0 bridgehead atoms. The predicted octanol–water partition coefficient (Wildman–Crippen LogP) is 1.94. The zero-order valence-electron chi connectivity index (χ0n) is 16.7. The molecule has 7 nitrogen and oxygen atoms in total. The molecule has 2 heterocycles. The minimum atomic E-state index is -0.117. The fraction of sp³-hybridized carbons (Fsp3) is 0.409. The summed E-state index contributed by atoms with van der Waals surface area (Å²) in [7, 11) is 1.62. The number of aryl methyl sites for hydroxylation is 1. The average Bonchev–Trinajstić information content (AvgIpc) is 2.89. The van der Waals surface area contributed by atoms with Crippen molar-refractivity contribution in [1.29, 1.82) is 0 Å². The number of ether oxygens (including phenoxy) is 1. The van der Waals surface area contributed by atoms with Crippen LogP contribution in [0.25, 0.3) is 0 Å². The summed E-state index contributed by atoms with van der Waals surface area (Å²) in [5, 5.41) is 3.02. The number of amides is 2. The van der Waals surface area contributed by atoms with Gasteiger partial charge >= 0.3 is 0 Å². The van der Waals surface area contributed by atoms with Crippen LogP contribution in [0.5, 0.6) is 5.75 Å². The van der Waals surface area contributed by atoms with Gasteiger partial charge in [-0.1, -0.05) is 18.2 Å². The smallest absolute Gasteiger partial charge is 0.250 e. The second kappa shape index (κ2) is 9.91. The normalized spacial score (nSPS) is 16.9. The number of aromatic nitrogens is 1. The third-order valence-corrected chi connectivity index (χ3v) is 5.16. The van der Waals surface area contributed by atoms with Crippen molar-refractivity contribution in [3.63, 3.8) is 0 Å². The number of rotatable bonds is 7. The summed E-state index contributed by atoms with van der Waals surface area (Å²) in [6, 6.07) is 12.6. The highest BCUT2D eigenvalue weighted by atomic mass is 16.5. The lowest BCUT2D eigenvalue weighted by Crippen LogP contribution is -2.36. The highest BCUT2D eigenvalue weighted by molar-refractivity contribution is 5.78. The van der Waals surface area contributed by atoms with Crippen molar-refractivity contribution in [3.8, 4) is 5.75 Å². The standard InChI is InChI=1S/C22H27N3O4/c1-29-19-6-4-5-17(15-19)16-25-13-10-18(8-9-22(25)28)23-20(26)11-14-24-12-3-2-7-21(24)27/h2-7,12,15,18H,8-11,13-14,16H2,1H3,(H,23,26). The van der Waals surface area contributed by atoms with Gasteiger partial charge in [0, 0.05) is 50.8 Å². The number of nitrogens with zero attached hydrogens (tertiary/aromatic N) is 2. The summed E-state index contributed by atoms with van der Waals surface area (Å²) in [6.45, 7) is 1.48. The minimum Gasteiger partial charge on any atom is -0.497 e. The summed E-state index contributed by atoms with van der Waals surface area (Å²) in [5.41, 5.74) is 0.905. The number of pyridine rings is 1. The molecular formula is C22H27N3O4. The van der Waals surface area contributed by atoms with E-state index in [1.807, 2.05) is 29.2 Å². The van der Waals surface area contributed by atoms with Crippen LogP contribution in [0.15, 0.2) is 53.5 Å². The fourth-order valence-electron chi connectivity index (χ4n) is 3.51. The van der Waals surface area contributed by atoms with Gasteiger partial charge in [0.1, 0.15) is 5.75 Å². The molecule has 154 valence electrons. The van der Waals surface area contributed by atoms with E-state index >= 15 is 0 Å². The first kappa shape index (κ1) is 20.6. The Kier molecular flexibility index (Phi) is 7.05. The molecule has 0 aliphatic carbocycles. The fourth-order valence-corrected chi connectivity index (χ4v) is 3.51. The van der Waals surface area contributed by atoms with Crippen LogP contribution in [0.2, 0.25) is 0 Å². The molecular weight excluding hydrogens is 370 g/mol. The first-order valence-electron chi connectivity index (χ1n) is 9.90. The van der Waals surface area contributed by atoms with Crippen LogP contribution in [0.3, 0.4) is 0 Å². The van der Waals surface area contributed by atoms with Gasteiger partial charge in [0.05, 0.1) is 7.11 Å². The Morgan fingerprint density at radius 1 is 1.17 bits per heavy atom. The summed E-state index contributed by atoms with van der Waals surface area (Å²) >= 11 is 0. The van der Waals surface area contributed by atoms with E-state index < -0.39 is 0 Å². The maximum Gasteiger partial charge on any atom is 0.250 e. The number of nitrogens with one attached hydrogen (secondary N) is 1. The molecule has 0 radical (unpaired) electrons. The topological polar surface area (TPSA) is 80.6 Å². The van der Waals surface area contributed by atoms with Crippen LogP contribution in [0, 0.1) is 0 Å². The first-order valence-corrected chi connectivity index (χ1v) is 9.90. The molecule has 2 amide bonds. The number of carbonyl (C=O) groups excluding carboxylic acids is 2. The third-order valence-electron chi connectivity index (χ3n) is 5.16. The van der Waals surface area contributed by atoms with Crippen molar-refractivity contribution in [2.24, 2.45) is 0 Å². The second-order valence-corrected chi connectivity index (χ2v) is 7.24. The maximum absolute atomic E-state index is 12.5. The lowest BCUT2D eigenvalue weighted by Gasteiger charge is -2.21. The van der Waals surface area contributed by atoms with E-state index in [2.05, 4.69) is 5.32 Å². The number of hydrogen-bond acceptors (Lipinski definition) is 4. The highest BCUT2D eigenvalue weighted by Gasteiger charge is 2.23. The summed E-state index contributed by atoms with van der Waals surface area (Å²) in [4.78, 5) is 38.3. The van der Waals surface area contributed by atoms with Gasteiger partial charge in [0.25, 0.3) is 5.56 Å². The number of hydrogen-bond donors (Lipinski definition) is 1. The van der Waals surface area contributed by atoms with Gasteiger partial charge in [-0.05, 0) is 36.6 Å². The molecule has 29 heavy (non-hydrogen) atoms. The molecule has 3 rings (SSSR count). The molecule has 0 saturated carbocycles. The van der Waals surface area contributed by atoms with Crippen LogP contribution in [-0.2, 0) is 22.7 Å². The molecule has 1 unspecified atom stereocenters. The third kappa shape index (κ3) is 5.94. The monoisotopic (exact) mass is 397 g/mol. The van der Waals surface area contributed by atoms with Gasteiger partial charge in [0.2, 0.25) is 11.8 Å². The van der Waals surface area contributed by atoms with Gasteiger partial charge in [-0.25, -0.2) is 0 Å². The van der Waals surface area contributed by atoms with Crippen LogP contribution in [0.4, 0.5) is 0 Å². The van der Waals surface area contributed by atoms with Crippen LogP contribution in [0.1, 0.15) is 31.2 Å². The molecule has 1 atom stereocenters. The van der Waals surface area contributed by atoms with Crippen molar-refractivity contribution < 1.29 is 14.3 Å². The molecule has 1 aliphatic heterocycles. The van der Waals surface area contributed by atoms with Gasteiger partial charge < -0.3 is 19.5 Å². The molecule has 7 heteroatoms. The van der Waals surface area contributed by atoms with Gasteiger partial charge in [-0.3, -0.25) is 14.4 Å². The van der Waals surface area contributed by atoms with E-state index in [0.29, 0.717) is 38.9 Å². The second-order valence-electron chi connectivity index (χ2n) is 7.24. The molecule has 1 fully saturated rings. The SMILES string of the molecule is COc1cccc(CN2CCC(NC(=O)CCn3ccccc3=O)CCC2=O)c1. The van der Waals surface area contributed by atoms with Crippen molar-refractivity contribution in [2.45, 2.75) is 44.8 Å². The molecule has 1 aromatic carbocycles. The lowest BCUT2D eigenvalue weighted by molar-refractivity contribution is -0.131. The van der Waals surface area contributed by atoms with Crippen molar-refractivity contribution in [3.05, 3.63) is 64.6 Å². The Morgan fingerprint density at radius 2 is 2.03 bits per heavy atom. The van der Waals surface area contributed by atoms with Crippen molar-refractivity contribution in [2.75, 3.05) is 13.7 Å². The number of methoxy groups -OCH3 is 1. The Morgan fingerprint density at radius 3 is 2.83 bits per heavy atom. The highest BCUT2D eigenvalue weighted by Crippen LogP contribution is 2.18. The predicted molar refractivity (Wildman–Crippen MR) is 110 cm³/mol. The van der Waals surface area contributed by atoms with Crippen LogP contribution < -0.4 is 15.6 Å². The number of carbonyl (C=O) groups is 2. The van der Waals surface area contributed by atoms with Gasteiger partial charge in [-0.15, -0.1) is 0 Å². The number of likely N-dealkylation sites (tertiary alicyclic amines) is 1. The maximum atomic E-state index is 12.5. The van der Waals surface area contributed by atoms with E-state index in [4.69, 9.17) is 4.74 Å². The molecule has 1 aliphatic rings. The molecule has 1 saturated heterocycles. The largest absolute Gasteiger partial charge is 0.497 e. The number of benzene rings is 1. The van der Waals surface area contributed by atoms with Crippen LogP contribution >= 0.6 is 0 Å². The molecule has 2 aromatic rings. The molecule has 0 spiro atoms. The summed E-state index contributed by atoms with van der Waals surface area (Å²) in [6.07, 6.45) is 3.67. The van der Waals surface area contributed by atoms with Gasteiger partial charge in [-0.2, -0.15) is 0 Å². The molecule has 1 N–H and O–H groups in total. The van der Waals surface area contributed by atoms with Crippen molar-refractivity contribution >= 4 is 11.8 Å². The van der Waals surface area contributed by atoms with Crippen molar-refractivity contribution in [1.82, 2.24) is 14.8 Å². The first-order chi connectivity index (χ1) is 14.0. The zero-order chi connectivity index (χ0) is 20.6. The average molecular weight is 397 g/mol. The molecule has 1 aromatic heterocycles. The van der Waals surface area contributed by atoms with E-state index in [-0.39, 0.29) is 29.8 Å².